The predicted molar refractivity (Wildman–Crippen MR) is 94.5 cm³/mol. The van der Waals surface area contributed by atoms with E-state index in [9.17, 15) is 9.59 Å². The molecule has 2 heterocycles. The van der Waals surface area contributed by atoms with Gasteiger partial charge in [-0.2, -0.15) is 0 Å². The van der Waals surface area contributed by atoms with Crippen molar-refractivity contribution in [2.75, 3.05) is 25.1 Å². The number of anilines is 1. The molecule has 0 aliphatic carbocycles. The van der Waals surface area contributed by atoms with Gasteiger partial charge in [-0.05, 0) is 50.3 Å². The molecule has 6 heteroatoms. The summed E-state index contributed by atoms with van der Waals surface area (Å²) >= 11 is 0. The fraction of sp³-hybridized carbons (Fsp3) is 0.579. The molecule has 25 heavy (non-hydrogen) atoms. The normalized spacial score (nSPS) is 22.8. The zero-order chi connectivity index (χ0) is 17.6. The number of carbonyl (C=O) groups excluding carboxylic acids is 2. The van der Waals surface area contributed by atoms with E-state index in [0.29, 0.717) is 12.3 Å². The SMILES string of the molecule is CCOC(=O)Cc1cccc(NC(=O)N2CCC[C@H]2[C@@H]2CCCO2)c1. The molecule has 0 aromatic heterocycles. The number of amides is 2. The van der Waals surface area contributed by atoms with E-state index in [-0.39, 0.29) is 30.6 Å². The molecule has 0 spiro atoms. The van der Waals surface area contributed by atoms with E-state index in [1.54, 1.807) is 6.92 Å². The van der Waals surface area contributed by atoms with Crippen molar-refractivity contribution in [1.29, 1.82) is 0 Å². The summed E-state index contributed by atoms with van der Waals surface area (Å²) in [5.41, 5.74) is 1.53. The molecule has 2 aliphatic rings. The van der Waals surface area contributed by atoms with E-state index >= 15 is 0 Å². The summed E-state index contributed by atoms with van der Waals surface area (Å²) in [5, 5.41) is 2.96. The van der Waals surface area contributed by atoms with Crippen molar-refractivity contribution in [3.8, 4) is 0 Å². The maximum absolute atomic E-state index is 12.7. The predicted octanol–water partition coefficient (Wildman–Crippen LogP) is 2.97. The quantitative estimate of drug-likeness (QED) is 0.832. The Balaban J connectivity index is 1.61. The van der Waals surface area contributed by atoms with Crippen molar-refractivity contribution in [2.45, 2.75) is 51.2 Å². The largest absolute Gasteiger partial charge is 0.466 e. The van der Waals surface area contributed by atoms with Gasteiger partial charge in [0.15, 0.2) is 0 Å². The number of nitrogens with zero attached hydrogens (tertiary/aromatic N) is 1. The van der Waals surface area contributed by atoms with Gasteiger partial charge in [-0.15, -0.1) is 0 Å². The minimum atomic E-state index is -0.260. The number of hydrogen-bond acceptors (Lipinski definition) is 4. The fourth-order valence-electron chi connectivity index (χ4n) is 3.67. The van der Waals surface area contributed by atoms with E-state index in [2.05, 4.69) is 5.32 Å². The second-order valence-corrected chi connectivity index (χ2v) is 6.57. The van der Waals surface area contributed by atoms with Crippen LogP contribution < -0.4 is 5.32 Å². The average molecular weight is 346 g/mol. The summed E-state index contributed by atoms with van der Waals surface area (Å²) in [6, 6.07) is 7.44. The Bertz CT molecular complexity index is 613. The van der Waals surface area contributed by atoms with Crippen LogP contribution in [0.5, 0.6) is 0 Å². The van der Waals surface area contributed by atoms with Crippen molar-refractivity contribution in [1.82, 2.24) is 4.90 Å². The van der Waals surface area contributed by atoms with Gasteiger partial charge in [0, 0.05) is 18.8 Å². The van der Waals surface area contributed by atoms with Crippen molar-refractivity contribution in [3.63, 3.8) is 0 Å². The molecule has 1 N–H and O–H groups in total. The third-order valence-electron chi connectivity index (χ3n) is 4.79. The molecule has 2 amide bonds. The zero-order valence-corrected chi connectivity index (χ0v) is 14.7. The summed E-state index contributed by atoms with van der Waals surface area (Å²) in [6.07, 6.45) is 4.50. The monoisotopic (exact) mass is 346 g/mol. The van der Waals surface area contributed by atoms with Crippen molar-refractivity contribution in [3.05, 3.63) is 29.8 Å². The lowest BCUT2D eigenvalue weighted by atomic mass is 10.1. The highest BCUT2D eigenvalue weighted by Crippen LogP contribution is 2.28. The maximum Gasteiger partial charge on any atom is 0.322 e. The minimum absolute atomic E-state index is 0.0914. The van der Waals surface area contributed by atoms with Gasteiger partial charge >= 0.3 is 12.0 Å². The third kappa shape index (κ3) is 4.51. The van der Waals surface area contributed by atoms with Gasteiger partial charge in [0.2, 0.25) is 0 Å². The van der Waals surface area contributed by atoms with Crippen molar-refractivity contribution in [2.24, 2.45) is 0 Å². The molecule has 2 fully saturated rings. The Labute approximate surface area is 148 Å². The molecular weight excluding hydrogens is 320 g/mol. The van der Waals surface area contributed by atoms with Gasteiger partial charge in [0.1, 0.15) is 0 Å². The number of esters is 1. The Morgan fingerprint density at radius 2 is 2.20 bits per heavy atom. The second kappa shape index (κ2) is 8.34. The number of hydrogen-bond donors (Lipinski definition) is 1. The van der Waals surface area contributed by atoms with Gasteiger partial charge in [0.25, 0.3) is 0 Å². The van der Waals surface area contributed by atoms with Crippen LogP contribution >= 0.6 is 0 Å². The van der Waals surface area contributed by atoms with Gasteiger partial charge in [-0.3, -0.25) is 4.79 Å². The maximum atomic E-state index is 12.7. The summed E-state index contributed by atoms with van der Waals surface area (Å²) < 4.78 is 10.8. The molecule has 0 unspecified atom stereocenters. The van der Waals surface area contributed by atoms with Crippen molar-refractivity contribution < 1.29 is 19.1 Å². The summed E-state index contributed by atoms with van der Waals surface area (Å²) in [4.78, 5) is 26.2. The highest BCUT2D eigenvalue weighted by atomic mass is 16.5. The van der Waals surface area contributed by atoms with E-state index < -0.39 is 0 Å². The number of ether oxygens (including phenoxy) is 2. The molecule has 6 nitrogen and oxygen atoms in total. The second-order valence-electron chi connectivity index (χ2n) is 6.57. The van der Waals surface area contributed by atoms with E-state index in [1.807, 2.05) is 29.2 Å². The lowest BCUT2D eigenvalue weighted by Gasteiger charge is -2.29. The van der Waals surface area contributed by atoms with Crippen LogP contribution in [0.4, 0.5) is 10.5 Å². The van der Waals surface area contributed by atoms with Crippen LogP contribution in [0.1, 0.15) is 38.2 Å². The van der Waals surface area contributed by atoms with Crippen LogP contribution in [-0.4, -0.2) is 48.8 Å². The van der Waals surface area contributed by atoms with Gasteiger partial charge in [0.05, 0.1) is 25.2 Å². The molecular formula is C19H26N2O4. The highest BCUT2D eigenvalue weighted by Gasteiger charge is 2.36. The van der Waals surface area contributed by atoms with E-state index in [4.69, 9.17) is 9.47 Å². The molecule has 0 radical (unpaired) electrons. The van der Waals surface area contributed by atoms with Gasteiger partial charge in [-0.1, -0.05) is 12.1 Å². The molecule has 1 aromatic carbocycles. The number of carbonyl (C=O) groups is 2. The number of rotatable bonds is 5. The van der Waals surface area contributed by atoms with E-state index in [1.165, 1.54) is 0 Å². The van der Waals surface area contributed by atoms with Crippen LogP contribution in [0.15, 0.2) is 24.3 Å². The highest BCUT2D eigenvalue weighted by molar-refractivity contribution is 5.90. The first-order valence-corrected chi connectivity index (χ1v) is 9.11. The average Bonchev–Trinajstić information content (AvgIpc) is 3.26. The molecule has 3 rings (SSSR count). The number of urea groups is 1. The topological polar surface area (TPSA) is 67.9 Å². The first kappa shape index (κ1) is 17.7. The molecule has 0 saturated carbocycles. The molecule has 2 aliphatic heterocycles. The smallest absolute Gasteiger partial charge is 0.322 e. The zero-order valence-electron chi connectivity index (χ0n) is 14.7. The molecule has 2 atom stereocenters. The van der Waals surface area contributed by atoms with Crippen LogP contribution in [0.2, 0.25) is 0 Å². The first-order valence-electron chi connectivity index (χ1n) is 9.11. The Kier molecular flexibility index (Phi) is 5.91. The van der Waals surface area contributed by atoms with Gasteiger partial charge < -0.3 is 19.7 Å². The van der Waals surface area contributed by atoms with Crippen LogP contribution in [0, 0.1) is 0 Å². The van der Waals surface area contributed by atoms with Crippen LogP contribution in [0.25, 0.3) is 0 Å². The van der Waals surface area contributed by atoms with Crippen LogP contribution in [0.3, 0.4) is 0 Å². The summed E-state index contributed by atoms with van der Waals surface area (Å²) in [6.45, 7) is 3.72. The Morgan fingerprint density at radius 3 is 2.96 bits per heavy atom. The number of benzene rings is 1. The standard InChI is InChI=1S/C19H26N2O4/c1-2-24-18(22)13-14-6-3-7-15(12-14)20-19(23)21-10-4-8-16(21)17-9-5-11-25-17/h3,6-7,12,16-17H,2,4-5,8-11,13H2,1H3,(H,20,23)/t16-,17-/m0/s1. The number of nitrogens with one attached hydrogen (secondary N) is 1. The minimum Gasteiger partial charge on any atom is -0.466 e. The molecule has 1 aromatic rings. The summed E-state index contributed by atoms with van der Waals surface area (Å²) in [7, 11) is 0. The lowest BCUT2D eigenvalue weighted by molar-refractivity contribution is -0.142. The Hall–Kier alpha value is -2.08. The number of likely N-dealkylation sites (tertiary alicyclic amines) is 1. The Morgan fingerprint density at radius 1 is 1.32 bits per heavy atom. The fourth-order valence-corrected chi connectivity index (χ4v) is 3.67. The summed E-state index contributed by atoms with van der Waals surface area (Å²) in [5.74, 6) is -0.260. The van der Waals surface area contributed by atoms with Crippen molar-refractivity contribution >= 4 is 17.7 Å². The third-order valence-corrected chi connectivity index (χ3v) is 4.79. The molecule has 136 valence electrons. The van der Waals surface area contributed by atoms with E-state index in [0.717, 1.165) is 44.4 Å². The van der Waals surface area contributed by atoms with Crippen LogP contribution in [-0.2, 0) is 20.7 Å². The molecule has 0 bridgehead atoms. The van der Waals surface area contributed by atoms with Gasteiger partial charge in [-0.25, -0.2) is 4.79 Å². The lowest BCUT2D eigenvalue weighted by Crippen LogP contribution is -2.44. The molecule has 2 saturated heterocycles. The first-order chi connectivity index (χ1) is 12.2.